The average Bonchev–Trinajstić information content (AvgIpc) is 3.29. The molecule has 0 bridgehead atoms. The van der Waals surface area contributed by atoms with Crippen LogP contribution in [0.4, 0.5) is 11.5 Å². The quantitative estimate of drug-likeness (QED) is 0.347. The number of fused-ring (bicyclic) bond motifs is 1. The normalized spacial score (nSPS) is 17.6. The van der Waals surface area contributed by atoms with Crippen molar-refractivity contribution >= 4 is 28.3 Å². The summed E-state index contributed by atoms with van der Waals surface area (Å²) in [7, 11) is 0. The third kappa shape index (κ3) is 4.59. The van der Waals surface area contributed by atoms with Crippen molar-refractivity contribution in [3.63, 3.8) is 0 Å². The third-order valence-corrected chi connectivity index (χ3v) is 6.52. The molecule has 9 heteroatoms. The predicted molar refractivity (Wildman–Crippen MR) is 140 cm³/mol. The summed E-state index contributed by atoms with van der Waals surface area (Å²) in [5.74, 6) is 1.36. The molecule has 0 aliphatic heterocycles. The predicted octanol–water partition coefficient (Wildman–Crippen LogP) is 4.44. The van der Waals surface area contributed by atoms with Crippen molar-refractivity contribution in [1.82, 2.24) is 20.0 Å². The molecule has 36 heavy (non-hydrogen) atoms. The maximum absolute atomic E-state index is 12.5. The van der Waals surface area contributed by atoms with Crippen molar-refractivity contribution in [2.45, 2.75) is 38.7 Å². The van der Waals surface area contributed by atoms with Gasteiger partial charge in [0.05, 0.1) is 22.9 Å². The van der Waals surface area contributed by atoms with Crippen LogP contribution < -0.4 is 21.3 Å². The molecule has 1 fully saturated rings. The highest BCUT2D eigenvalue weighted by molar-refractivity contribution is 6.00. The van der Waals surface area contributed by atoms with E-state index in [1.807, 2.05) is 24.3 Å². The number of hydrogen-bond acceptors (Lipinski definition) is 6. The molecule has 2 aromatic heterocycles. The van der Waals surface area contributed by atoms with Crippen LogP contribution in [-0.2, 0) is 4.79 Å². The Balaban J connectivity index is 1.54. The first-order chi connectivity index (χ1) is 17.4. The van der Waals surface area contributed by atoms with Gasteiger partial charge in [0.1, 0.15) is 5.75 Å². The van der Waals surface area contributed by atoms with Crippen LogP contribution >= 0.6 is 0 Å². The van der Waals surface area contributed by atoms with E-state index >= 15 is 0 Å². The molecular weight excluding hydrogens is 456 g/mol. The zero-order chi connectivity index (χ0) is 25.2. The highest BCUT2D eigenvalue weighted by atomic mass is 16.5. The zero-order valence-electron chi connectivity index (χ0n) is 20.0. The van der Waals surface area contributed by atoms with Crippen LogP contribution in [-0.4, -0.2) is 32.0 Å². The van der Waals surface area contributed by atoms with Gasteiger partial charge in [0.25, 0.3) is 5.56 Å². The van der Waals surface area contributed by atoms with Crippen LogP contribution in [0.2, 0.25) is 0 Å². The molecule has 4 N–H and O–H groups in total. The largest absolute Gasteiger partial charge is 0.490 e. The Bertz CT molecular complexity index is 1470. The molecular formula is C27H28N6O3. The topological polar surface area (TPSA) is 128 Å². The van der Waals surface area contributed by atoms with E-state index in [-0.39, 0.29) is 23.3 Å². The van der Waals surface area contributed by atoms with E-state index in [9.17, 15) is 9.59 Å². The van der Waals surface area contributed by atoms with E-state index in [4.69, 9.17) is 10.5 Å². The summed E-state index contributed by atoms with van der Waals surface area (Å²) in [5, 5.41) is 14.1. The van der Waals surface area contributed by atoms with Gasteiger partial charge in [-0.3, -0.25) is 9.59 Å². The second kappa shape index (κ2) is 9.69. The van der Waals surface area contributed by atoms with Crippen LogP contribution in [0.5, 0.6) is 5.75 Å². The van der Waals surface area contributed by atoms with Gasteiger partial charge >= 0.3 is 0 Å². The number of aromatic nitrogens is 4. The van der Waals surface area contributed by atoms with Crippen molar-refractivity contribution in [2.24, 2.45) is 5.92 Å². The Kier molecular flexibility index (Phi) is 6.28. The van der Waals surface area contributed by atoms with Crippen LogP contribution in [0, 0.1) is 5.92 Å². The lowest BCUT2D eigenvalue weighted by Gasteiger charge is -2.27. The van der Waals surface area contributed by atoms with E-state index in [1.54, 1.807) is 28.9 Å². The number of nitrogens with two attached hydrogens (primary N) is 1. The number of anilines is 2. The molecule has 1 aliphatic carbocycles. The number of ether oxygens (including phenoxy) is 1. The Morgan fingerprint density at radius 2 is 1.94 bits per heavy atom. The Morgan fingerprint density at radius 3 is 2.64 bits per heavy atom. The molecule has 5 rings (SSSR count). The number of H-pyrrole nitrogens is 1. The maximum atomic E-state index is 12.5. The van der Waals surface area contributed by atoms with E-state index in [0.717, 1.165) is 24.2 Å². The lowest BCUT2D eigenvalue weighted by Crippen LogP contribution is -2.23. The zero-order valence-corrected chi connectivity index (χ0v) is 20.0. The van der Waals surface area contributed by atoms with Gasteiger partial charge in [0.2, 0.25) is 5.91 Å². The van der Waals surface area contributed by atoms with Crippen LogP contribution in [0.1, 0.15) is 32.6 Å². The molecule has 0 radical (unpaired) electrons. The van der Waals surface area contributed by atoms with Gasteiger partial charge in [-0.1, -0.05) is 19.9 Å². The minimum atomic E-state index is -0.430. The number of carbonyl (C=O) groups is 1. The summed E-state index contributed by atoms with van der Waals surface area (Å²) >= 11 is 0. The van der Waals surface area contributed by atoms with Crippen molar-refractivity contribution in [2.75, 3.05) is 11.1 Å². The minimum Gasteiger partial charge on any atom is -0.490 e. The Labute approximate surface area is 208 Å². The fourth-order valence-corrected chi connectivity index (χ4v) is 4.74. The minimum absolute atomic E-state index is 0.178. The number of benzene rings is 2. The fourth-order valence-electron chi connectivity index (χ4n) is 4.74. The Morgan fingerprint density at radius 1 is 1.19 bits per heavy atom. The van der Waals surface area contributed by atoms with E-state index in [0.29, 0.717) is 28.4 Å². The van der Waals surface area contributed by atoms with Crippen LogP contribution in [0.15, 0.2) is 66.0 Å². The van der Waals surface area contributed by atoms with E-state index in [1.165, 1.54) is 18.9 Å². The standard InChI is InChI=1S/C27H28N6O3/c1-3-22(34)29-18-9-11-19(12-10-18)33-25(23-24(32-33)27(35)31-30-26(23)28)17-7-13-20(14-8-17)36-21-6-4-5-16(2)15-21/h3,7-14,16,21H,1,4-6,15H2,2H3,(H2,28,30)(H,29,34)(H,31,35). The number of nitrogen functional groups attached to an aromatic ring is 1. The summed E-state index contributed by atoms with van der Waals surface area (Å²) in [4.78, 5) is 24.2. The third-order valence-electron chi connectivity index (χ3n) is 6.52. The van der Waals surface area contributed by atoms with Gasteiger partial charge in [-0.25, -0.2) is 9.78 Å². The number of carbonyl (C=O) groups excluding carboxylic acids is 1. The highest BCUT2D eigenvalue weighted by Crippen LogP contribution is 2.34. The molecule has 1 amide bonds. The van der Waals surface area contributed by atoms with Crippen molar-refractivity contribution in [3.8, 4) is 22.7 Å². The van der Waals surface area contributed by atoms with Crippen LogP contribution in [0.25, 0.3) is 27.8 Å². The molecule has 1 aliphatic rings. The molecule has 0 saturated heterocycles. The van der Waals surface area contributed by atoms with Gasteiger partial charge in [-0.15, -0.1) is 0 Å². The SMILES string of the molecule is C=CC(=O)Nc1ccc(-n2nc3c(=O)[nH]nc(N)c3c2-c2ccc(OC3CCCC(C)C3)cc2)cc1. The Hall–Kier alpha value is -4.40. The fraction of sp³-hybridized carbons (Fsp3) is 0.259. The highest BCUT2D eigenvalue weighted by Gasteiger charge is 2.22. The summed E-state index contributed by atoms with van der Waals surface area (Å²) in [5.41, 5.74) is 8.71. The van der Waals surface area contributed by atoms with E-state index < -0.39 is 5.56 Å². The molecule has 1 saturated carbocycles. The summed E-state index contributed by atoms with van der Waals surface area (Å²) in [6.45, 7) is 5.73. The molecule has 184 valence electrons. The monoisotopic (exact) mass is 484 g/mol. The molecule has 2 aromatic carbocycles. The smallest absolute Gasteiger partial charge is 0.292 e. The summed E-state index contributed by atoms with van der Waals surface area (Å²) < 4.78 is 7.90. The van der Waals surface area contributed by atoms with Gasteiger partial charge in [0, 0.05) is 11.3 Å². The van der Waals surface area contributed by atoms with Crippen molar-refractivity contribution in [1.29, 1.82) is 0 Å². The van der Waals surface area contributed by atoms with Crippen molar-refractivity contribution in [3.05, 3.63) is 71.5 Å². The molecule has 4 aromatic rings. The molecule has 9 nitrogen and oxygen atoms in total. The summed E-state index contributed by atoms with van der Waals surface area (Å²) in [6.07, 6.45) is 6.00. The van der Waals surface area contributed by atoms with Gasteiger partial charge < -0.3 is 15.8 Å². The molecule has 2 unspecified atom stereocenters. The average molecular weight is 485 g/mol. The second-order valence-corrected chi connectivity index (χ2v) is 9.20. The maximum Gasteiger partial charge on any atom is 0.292 e. The first kappa shape index (κ1) is 23.3. The van der Waals surface area contributed by atoms with Gasteiger partial charge in [-0.05, 0) is 79.8 Å². The summed E-state index contributed by atoms with van der Waals surface area (Å²) in [6, 6.07) is 14.8. The first-order valence-electron chi connectivity index (χ1n) is 12.0. The van der Waals surface area contributed by atoms with Gasteiger partial charge in [-0.2, -0.15) is 10.2 Å². The van der Waals surface area contributed by atoms with Gasteiger partial charge in [0.15, 0.2) is 11.3 Å². The number of rotatable bonds is 6. The van der Waals surface area contributed by atoms with E-state index in [2.05, 4.69) is 34.1 Å². The number of hydrogen-bond donors (Lipinski definition) is 3. The number of nitrogens with one attached hydrogen (secondary N) is 2. The molecule has 2 heterocycles. The first-order valence-corrected chi connectivity index (χ1v) is 12.0. The van der Waals surface area contributed by atoms with Crippen molar-refractivity contribution < 1.29 is 9.53 Å². The number of amides is 1. The molecule has 0 spiro atoms. The number of aromatic amines is 1. The lowest BCUT2D eigenvalue weighted by atomic mass is 9.89. The lowest BCUT2D eigenvalue weighted by molar-refractivity contribution is -0.111. The molecule has 2 atom stereocenters. The number of nitrogens with zero attached hydrogens (tertiary/aromatic N) is 3. The van der Waals surface area contributed by atoms with Crippen LogP contribution in [0.3, 0.4) is 0 Å². The second-order valence-electron chi connectivity index (χ2n) is 9.20.